The fourth-order valence-corrected chi connectivity index (χ4v) is 6.57. The van der Waals surface area contributed by atoms with Crippen LogP contribution >= 0.6 is 11.6 Å². The summed E-state index contributed by atoms with van der Waals surface area (Å²) in [5.41, 5.74) is 2.74. The zero-order valence-electron chi connectivity index (χ0n) is 22.9. The highest BCUT2D eigenvalue weighted by Gasteiger charge is 2.59. The summed E-state index contributed by atoms with van der Waals surface area (Å²) >= 11 is 6.52. The van der Waals surface area contributed by atoms with E-state index in [1.807, 2.05) is 65.6 Å². The van der Waals surface area contributed by atoms with Crippen molar-refractivity contribution in [2.45, 2.75) is 31.5 Å². The molecular formula is C34H29ClN4O3. The Morgan fingerprint density at radius 1 is 0.810 bits per heavy atom. The minimum absolute atomic E-state index is 0.0161. The molecule has 3 heterocycles. The van der Waals surface area contributed by atoms with E-state index in [0.717, 1.165) is 37.9 Å². The van der Waals surface area contributed by atoms with Crippen LogP contribution in [-0.4, -0.2) is 35.7 Å². The number of nitrogens with one attached hydrogen (secondary N) is 1. The lowest BCUT2D eigenvalue weighted by Gasteiger charge is -2.45. The number of piperidine rings is 1. The third-order valence-electron chi connectivity index (χ3n) is 8.45. The van der Waals surface area contributed by atoms with E-state index in [1.165, 1.54) is 4.90 Å². The number of amides is 3. The molecule has 3 aliphatic heterocycles. The molecule has 0 radical (unpaired) electrons. The Morgan fingerprint density at radius 3 is 2.29 bits per heavy atom. The highest BCUT2D eigenvalue weighted by Crippen LogP contribution is 2.50. The fourth-order valence-electron chi connectivity index (χ4n) is 6.37. The number of para-hydroxylation sites is 2. The molecule has 1 fully saturated rings. The molecule has 8 heteroatoms. The number of benzene rings is 4. The quantitative estimate of drug-likeness (QED) is 0.303. The Balaban J connectivity index is 1.35. The fraction of sp³-hybridized carbons (Fsp3) is 0.206. The van der Waals surface area contributed by atoms with Gasteiger partial charge in [-0.05, 0) is 73.4 Å². The molecule has 3 amide bonds. The highest BCUT2D eigenvalue weighted by molar-refractivity contribution is 6.31. The van der Waals surface area contributed by atoms with Crippen molar-refractivity contribution >= 4 is 46.4 Å². The van der Waals surface area contributed by atoms with Crippen LogP contribution in [-0.2, 0) is 17.0 Å². The number of hydrogen-bond donors (Lipinski definition) is 1. The number of rotatable bonds is 4. The van der Waals surface area contributed by atoms with E-state index < -0.39 is 5.66 Å². The smallest absolute Gasteiger partial charge is 0.279 e. The maximum atomic E-state index is 14.7. The summed E-state index contributed by atoms with van der Waals surface area (Å²) < 4.78 is 0. The number of halogens is 1. The van der Waals surface area contributed by atoms with Crippen LogP contribution in [0.3, 0.4) is 0 Å². The van der Waals surface area contributed by atoms with Crippen molar-refractivity contribution in [3.8, 4) is 0 Å². The van der Waals surface area contributed by atoms with Crippen molar-refractivity contribution in [1.82, 2.24) is 4.90 Å². The molecule has 0 aliphatic carbocycles. The Labute approximate surface area is 249 Å². The molecule has 0 bridgehead atoms. The van der Waals surface area contributed by atoms with Gasteiger partial charge in [-0.3, -0.25) is 19.3 Å². The van der Waals surface area contributed by atoms with Gasteiger partial charge in [0.25, 0.3) is 17.7 Å². The van der Waals surface area contributed by atoms with Gasteiger partial charge >= 0.3 is 0 Å². The van der Waals surface area contributed by atoms with Crippen molar-refractivity contribution in [3.63, 3.8) is 0 Å². The molecular weight excluding hydrogens is 548 g/mol. The third kappa shape index (κ3) is 4.07. The van der Waals surface area contributed by atoms with Crippen LogP contribution < -0.4 is 15.1 Å². The summed E-state index contributed by atoms with van der Waals surface area (Å²) in [6, 6.07) is 29.2. The van der Waals surface area contributed by atoms with Crippen LogP contribution in [0.15, 0.2) is 97.1 Å². The average molecular weight is 577 g/mol. The molecule has 1 atom stereocenters. The van der Waals surface area contributed by atoms with Gasteiger partial charge in [-0.1, -0.05) is 60.1 Å². The second kappa shape index (κ2) is 10.3. The summed E-state index contributed by atoms with van der Waals surface area (Å²) in [4.78, 5) is 47.4. The molecule has 4 aromatic carbocycles. The molecule has 210 valence electrons. The Bertz CT molecular complexity index is 1720. The lowest BCUT2D eigenvalue weighted by Crippen LogP contribution is -2.63. The van der Waals surface area contributed by atoms with Gasteiger partial charge < -0.3 is 15.1 Å². The van der Waals surface area contributed by atoms with Crippen LogP contribution in [0.2, 0.25) is 5.02 Å². The largest absolute Gasteiger partial charge is 0.350 e. The first kappa shape index (κ1) is 26.3. The molecule has 4 aromatic rings. The number of nitrogens with zero attached hydrogens (tertiary/aromatic N) is 3. The highest BCUT2D eigenvalue weighted by atomic mass is 35.5. The molecule has 42 heavy (non-hydrogen) atoms. The van der Waals surface area contributed by atoms with E-state index in [9.17, 15) is 14.4 Å². The molecule has 3 aliphatic rings. The van der Waals surface area contributed by atoms with Crippen molar-refractivity contribution in [2.75, 3.05) is 28.2 Å². The second-order valence-electron chi connectivity index (χ2n) is 10.9. The van der Waals surface area contributed by atoms with Gasteiger partial charge in [-0.15, -0.1) is 0 Å². The number of hydrogen-bond acceptors (Lipinski definition) is 4. The van der Waals surface area contributed by atoms with Gasteiger partial charge in [0, 0.05) is 40.6 Å². The van der Waals surface area contributed by atoms with Crippen molar-refractivity contribution in [3.05, 3.63) is 124 Å². The van der Waals surface area contributed by atoms with Crippen LogP contribution in [0.25, 0.3) is 0 Å². The van der Waals surface area contributed by atoms with E-state index >= 15 is 0 Å². The number of carbonyl (C=O) groups excluding carboxylic acids is 3. The molecule has 1 N–H and O–H groups in total. The molecule has 0 saturated carbocycles. The molecule has 7 rings (SSSR count). The summed E-state index contributed by atoms with van der Waals surface area (Å²) in [6.45, 7) is 1.75. The minimum Gasteiger partial charge on any atom is -0.350 e. The summed E-state index contributed by atoms with van der Waals surface area (Å²) in [6.07, 6.45) is 3.15. The van der Waals surface area contributed by atoms with Crippen LogP contribution in [0, 0.1) is 0 Å². The van der Waals surface area contributed by atoms with E-state index in [1.54, 1.807) is 41.3 Å². The number of carbonyl (C=O) groups is 3. The monoisotopic (exact) mass is 576 g/mol. The third-order valence-corrected chi connectivity index (χ3v) is 8.82. The lowest BCUT2D eigenvalue weighted by molar-refractivity contribution is -0.122. The molecule has 1 spiro atoms. The Hall–Kier alpha value is -4.62. The molecule has 7 nitrogen and oxygen atoms in total. The predicted octanol–water partition coefficient (Wildman–Crippen LogP) is 6.44. The van der Waals surface area contributed by atoms with E-state index in [2.05, 4.69) is 5.32 Å². The van der Waals surface area contributed by atoms with E-state index in [-0.39, 0.29) is 24.3 Å². The standard InChI is InChI=1S/C34H29ClN4O3/c35-28-13-5-2-10-24(28)22-38-30-15-7-4-12-27(30)34(33(38)42)36-29-14-6-3-11-26(29)32(41)39(34)25-18-16-23(17-19-25)31(40)37-20-8-1-9-21-37/h2-7,10-19,36H,1,8-9,20-22H2. The second-order valence-corrected chi connectivity index (χ2v) is 11.3. The SMILES string of the molecule is O=C(c1ccc(N2C(=O)c3ccccc3NC23C(=O)N(Cc2ccccc2Cl)c2ccccc23)cc1)N1CCCCC1. The van der Waals surface area contributed by atoms with Crippen LogP contribution in [0.4, 0.5) is 17.1 Å². The minimum atomic E-state index is -1.54. The summed E-state index contributed by atoms with van der Waals surface area (Å²) in [5.74, 6) is -0.611. The van der Waals surface area contributed by atoms with Crippen molar-refractivity contribution in [1.29, 1.82) is 0 Å². The molecule has 0 aromatic heterocycles. The number of fused-ring (bicyclic) bond motifs is 3. The normalized spacial score (nSPS) is 19.5. The maximum absolute atomic E-state index is 14.7. The van der Waals surface area contributed by atoms with E-state index in [4.69, 9.17) is 11.6 Å². The summed E-state index contributed by atoms with van der Waals surface area (Å²) in [7, 11) is 0. The molecule has 1 unspecified atom stereocenters. The van der Waals surface area contributed by atoms with Gasteiger partial charge in [0.05, 0.1) is 17.8 Å². The van der Waals surface area contributed by atoms with Gasteiger partial charge in [-0.2, -0.15) is 0 Å². The first-order chi connectivity index (χ1) is 20.5. The predicted molar refractivity (Wildman–Crippen MR) is 164 cm³/mol. The summed E-state index contributed by atoms with van der Waals surface area (Å²) in [5, 5.41) is 4.05. The maximum Gasteiger partial charge on any atom is 0.279 e. The van der Waals surface area contributed by atoms with Gasteiger partial charge in [0.15, 0.2) is 0 Å². The number of anilines is 3. The first-order valence-electron chi connectivity index (χ1n) is 14.2. The Morgan fingerprint density at radius 2 is 1.50 bits per heavy atom. The zero-order chi connectivity index (χ0) is 28.8. The van der Waals surface area contributed by atoms with Crippen molar-refractivity contribution < 1.29 is 14.4 Å². The van der Waals surface area contributed by atoms with E-state index in [0.29, 0.717) is 38.8 Å². The van der Waals surface area contributed by atoms with Gasteiger partial charge in [0.1, 0.15) is 0 Å². The number of likely N-dealkylation sites (tertiary alicyclic amines) is 1. The van der Waals surface area contributed by atoms with Gasteiger partial charge in [0.2, 0.25) is 5.66 Å². The topological polar surface area (TPSA) is 73.0 Å². The lowest BCUT2D eigenvalue weighted by atomic mass is 9.92. The Kier molecular flexibility index (Phi) is 6.47. The van der Waals surface area contributed by atoms with Gasteiger partial charge in [-0.25, -0.2) is 0 Å². The van der Waals surface area contributed by atoms with Crippen LogP contribution in [0.1, 0.15) is 51.1 Å². The molecule has 1 saturated heterocycles. The van der Waals surface area contributed by atoms with Crippen molar-refractivity contribution in [2.24, 2.45) is 0 Å². The average Bonchev–Trinajstić information content (AvgIpc) is 3.25. The zero-order valence-corrected chi connectivity index (χ0v) is 23.7. The van der Waals surface area contributed by atoms with Crippen LogP contribution in [0.5, 0.6) is 0 Å². The first-order valence-corrected chi connectivity index (χ1v) is 14.6.